The van der Waals surface area contributed by atoms with Gasteiger partial charge in [0.25, 0.3) is 0 Å². The molecule has 0 aliphatic carbocycles. The third-order valence-electron chi connectivity index (χ3n) is 2.20. The number of amides is 2. The lowest BCUT2D eigenvalue weighted by atomic mass is 9.92. The van der Waals surface area contributed by atoms with Crippen molar-refractivity contribution in [3.05, 3.63) is 0 Å². The highest BCUT2D eigenvalue weighted by atomic mass is 16.3. The summed E-state index contributed by atoms with van der Waals surface area (Å²) in [6, 6.07) is 0. The van der Waals surface area contributed by atoms with Gasteiger partial charge in [0, 0.05) is 19.5 Å². The molecular formula is C14H30N2O3. The number of carbonyl (C=O) groups excluding carboxylic acids is 2. The maximum atomic E-state index is 11.6. The van der Waals surface area contributed by atoms with E-state index >= 15 is 0 Å². The number of rotatable bonds is 1. The van der Waals surface area contributed by atoms with Gasteiger partial charge in [-0.25, -0.2) is 0 Å². The largest absolute Gasteiger partial charge is 0.391 e. The second-order valence-corrected chi connectivity index (χ2v) is 5.86. The summed E-state index contributed by atoms with van der Waals surface area (Å²) in [6.07, 6.45) is 2.50. The van der Waals surface area contributed by atoms with Crippen LogP contribution in [-0.4, -0.2) is 41.5 Å². The summed E-state index contributed by atoms with van der Waals surface area (Å²) >= 11 is 0. The van der Waals surface area contributed by atoms with Gasteiger partial charge in [0.05, 0.1) is 6.10 Å². The highest BCUT2D eigenvalue weighted by Gasteiger charge is 2.27. The molecule has 0 bridgehead atoms. The molecule has 0 saturated carbocycles. The van der Waals surface area contributed by atoms with Crippen LogP contribution in [0.2, 0.25) is 0 Å². The summed E-state index contributed by atoms with van der Waals surface area (Å²) in [7, 11) is 0. The maximum absolute atomic E-state index is 11.6. The van der Waals surface area contributed by atoms with Crippen LogP contribution in [0.15, 0.2) is 0 Å². The lowest BCUT2D eigenvalue weighted by Gasteiger charge is -2.22. The number of hydrogen-bond acceptors (Lipinski definition) is 3. The van der Waals surface area contributed by atoms with E-state index < -0.39 is 0 Å². The Morgan fingerprint density at radius 3 is 2.11 bits per heavy atom. The Morgan fingerprint density at radius 2 is 1.84 bits per heavy atom. The first-order valence-corrected chi connectivity index (χ1v) is 6.83. The van der Waals surface area contributed by atoms with E-state index in [1.165, 1.54) is 6.42 Å². The molecule has 1 aliphatic heterocycles. The number of nitrogens with two attached hydrogens (primary N) is 1. The normalized spacial score (nSPS) is 17.8. The molecule has 1 rings (SSSR count). The van der Waals surface area contributed by atoms with Crippen molar-refractivity contribution in [1.29, 1.82) is 0 Å². The molecule has 0 aromatic rings. The highest BCUT2D eigenvalue weighted by molar-refractivity contribution is 5.77. The zero-order valence-corrected chi connectivity index (χ0v) is 13.0. The molecule has 0 spiro atoms. The van der Waals surface area contributed by atoms with E-state index in [0.717, 1.165) is 13.0 Å². The Kier molecular flexibility index (Phi) is 11.5. The highest BCUT2D eigenvalue weighted by Crippen LogP contribution is 2.21. The summed E-state index contributed by atoms with van der Waals surface area (Å²) in [4.78, 5) is 22.0. The smallest absolute Gasteiger partial charge is 0.223 e. The number of aliphatic hydroxyl groups is 1. The fourth-order valence-corrected chi connectivity index (χ4v) is 1.53. The molecule has 5 heteroatoms. The number of nitrogens with zero attached hydrogens (tertiary/aromatic N) is 1. The summed E-state index contributed by atoms with van der Waals surface area (Å²) in [5.41, 5.74) is 4.21. The van der Waals surface area contributed by atoms with Crippen molar-refractivity contribution < 1.29 is 14.7 Å². The molecule has 19 heavy (non-hydrogen) atoms. The molecule has 1 unspecified atom stereocenters. The SMILES string of the molecule is CC(C)(C)CC(=O)N1CCC(O)C1.CCC.NC=O. The molecule has 114 valence electrons. The van der Waals surface area contributed by atoms with E-state index in [9.17, 15) is 9.90 Å². The van der Waals surface area contributed by atoms with Crippen molar-refractivity contribution in [3.8, 4) is 0 Å². The minimum Gasteiger partial charge on any atom is -0.391 e. The van der Waals surface area contributed by atoms with Gasteiger partial charge in [-0.3, -0.25) is 9.59 Å². The number of hydrogen-bond donors (Lipinski definition) is 2. The number of likely N-dealkylation sites (tertiary alicyclic amines) is 1. The van der Waals surface area contributed by atoms with Crippen LogP contribution in [0.3, 0.4) is 0 Å². The van der Waals surface area contributed by atoms with Gasteiger partial charge in [0.15, 0.2) is 0 Å². The van der Waals surface area contributed by atoms with Gasteiger partial charge in [0.1, 0.15) is 0 Å². The zero-order valence-electron chi connectivity index (χ0n) is 13.0. The molecule has 1 heterocycles. The van der Waals surface area contributed by atoms with Crippen molar-refractivity contribution >= 4 is 12.3 Å². The molecule has 5 nitrogen and oxygen atoms in total. The Morgan fingerprint density at radius 1 is 1.42 bits per heavy atom. The minimum atomic E-state index is -0.302. The van der Waals surface area contributed by atoms with Crippen LogP contribution in [0.25, 0.3) is 0 Å². The second kappa shape index (κ2) is 10.8. The number of β-amino-alcohol motifs (C(OH)–C–C–N with tert-alkyl or cyclic N) is 1. The number of aliphatic hydroxyl groups excluding tert-OH is 1. The van der Waals surface area contributed by atoms with Gasteiger partial charge in [-0.2, -0.15) is 0 Å². The van der Waals surface area contributed by atoms with Gasteiger partial charge in [0.2, 0.25) is 12.3 Å². The molecule has 1 saturated heterocycles. The molecule has 1 aliphatic rings. The lowest BCUT2D eigenvalue weighted by molar-refractivity contribution is -0.132. The standard InChI is InChI=1S/C10H19NO2.C3H8.CH3NO/c1-10(2,3)6-9(13)11-5-4-8(12)7-11;1-3-2;2-1-3/h8,12H,4-7H2,1-3H3;3H2,1-2H3;1H,(H2,2,3). The molecule has 1 atom stereocenters. The van der Waals surface area contributed by atoms with Crippen LogP contribution in [0.1, 0.15) is 53.9 Å². The fourth-order valence-electron chi connectivity index (χ4n) is 1.53. The van der Waals surface area contributed by atoms with Crippen LogP contribution < -0.4 is 5.73 Å². The Hall–Kier alpha value is -1.10. The first kappa shape index (κ1) is 20.2. The van der Waals surface area contributed by atoms with Gasteiger partial charge in [-0.1, -0.05) is 41.0 Å². The first-order chi connectivity index (χ1) is 8.71. The number of primary amides is 1. The van der Waals surface area contributed by atoms with E-state index in [4.69, 9.17) is 4.79 Å². The minimum absolute atomic E-state index is 0.0463. The third kappa shape index (κ3) is 13.1. The van der Waals surface area contributed by atoms with Crippen LogP contribution >= 0.6 is 0 Å². The Bertz CT molecular complexity index is 250. The van der Waals surface area contributed by atoms with Gasteiger partial charge in [-0.15, -0.1) is 0 Å². The molecular weight excluding hydrogens is 244 g/mol. The topological polar surface area (TPSA) is 83.6 Å². The average Bonchev–Trinajstić information content (AvgIpc) is 2.64. The fraction of sp³-hybridized carbons (Fsp3) is 0.857. The summed E-state index contributed by atoms with van der Waals surface area (Å²) < 4.78 is 0. The van der Waals surface area contributed by atoms with E-state index in [1.54, 1.807) is 4.90 Å². The van der Waals surface area contributed by atoms with E-state index in [1.807, 2.05) is 0 Å². The van der Waals surface area contributed by atoms with E-state index in [-0.39, 0.29) is 23.8 Å². The van der Waals surface area contributed by atoms with Gasteiger partial charge >= 0.3 is 0 Å². The van der Waals surface area contributed by atoms with Crippen molar-refractivity contribution in [3.63, 3.8) is 0 Å². The molecule has 0 aromatic carbocycles. The van der Waals surface area contributed by atoms with E-state index in [0.29, 0.717) is 13.0 Å². The average molecular weight is 274 g/mol. The van der Waals surface area contributed by atoms with Gasteiger partial charge in [-0.05, 0) is 11.8 Å². The summed E-state index contributed by atoms with van der Waals surface area (Å²) in [5.74, 6) is 0.170. The van der Waals surface area contributed by atoms with Crippen LogP contribution in [0, 0.1) is 5.41 Å². The van der Waals surface area contributed by atoms with E-state index in [2.05, 4.69) is 40.4 Å². The summed E-state index contributed by atoms with van der Waals surface area (Å²) in [5, 5.41) is 9.25. The second-order valence-electron chi connectivity index (χ2n) is 5.86. The zero-order chi connectivity index (χ0) is 15.5. The molecule has 3 N–H and O–H groups in total. The Labute approximate surface area is 117 Å². The van der Waals surface area contributed by atoms with Crippen molar-refractivity contribution in [2.45, 2.75) is 60.0 Å². The Balaban J connectivity index is 0. The lowest BCUT2D eigenvalue weighted by Crippen LogP contribution is -2.32. The van der Waals surface area contributed by atoms with Gasteiger partial charge < -0.3 is 15.7 Å². The molecule has 0 radical (unpaired) electrons. The van der Waals surface area contributed by atoms with Crippen LogP contribution in [-0.2, 0) is 9.59 Å². The van der Waals surface area contributed by atoms with Crippen molar-refractivity contribution in [1.82, 2.24) is 4.90 Å². The summed E-state index contributed by atoms with van der Waals surface area (Å²) in [6.45, 7) is 11.6. The predicted octanol–water partition coefficient (Wildman–Crippen LogP) is 1.53. The first-order valence-electron chi connectivity index (χ1n) is 6.83. The van der Waals surface area contributed by atoms with Crippen molar-refractivity contribution in [2.24, 2.45) is 11.1 Å². The molecule has 0 aromatic heterocycles. The quantitative estimate of drug-likeness (QED) is 0.711. The monoisotopic (exact) mass is 274 g/mol. The predicted molar refractivity (Wildman–Crippen MR) is 77.5 cm³/mol. The number of carbonyl (C=O) groups is 2. The molecule has 2 amide bonds. The maximum Gasteiger partial charge on any atom is 0.223 e. The van der Waals surface area contributed by atoms with Crippen LogP contribution in [0.4, 0.5) is 0 Å². The third-order valence-corrected chi connectivity index (χ3v) is 2.20. The van der Waals surface area contributed by atoms with Crippen molar-refractivity contribution in [2.75, 3.05) is 13.1 Å². The molecule has 1 fully saturated rings. The van der Waals surface area contributed by atoms with Crippen LogP contribution in [0.5, 0.6) is 0 Å².